The van der Waals surface area contributed by atoms with E-state index < -0.39 is 0 Å². The summed E-state index contributed by atoms with van der Waals surface area (Å²) in [6.07, 6.45) is 5.14. The Kier molecular flexibility index (Phi) is 3.09. The van der Waals surface area contributed by atoms with E-state index in [2.05, 4.69) is 10.9 Å². The van der Waals surface area contributed by atoms with Crippen molar-refractivity contribution in [2.45, 2.75) is 6.61 Å². The van der Waals surface area contributed by atoms with E-state index in [1.54, 1.807) is 0 Å². The van der Waals surface area contributed by atoms with E-state index in [4.69, 9.17) is 11.5 Å². The topological polar surface area (TPSA) is 36.4 Å². The van der Waals surface area contributed by atoms with Gasteiger partial charge in [-0.05, 0) is 0 Å². The van der Waals surface area contributed by atoms with Crippen LogP contribution < -0.4 is 4.90 Å². The van der Waals surface area contributed by atoms with Crippen LogP contribution in [0.2, 0.25) is 0 Å². The minimum absolute atomic E-state index is 0.0135. The molecule has 1 N–H and O–H groups in total. The average molecular weight is 182 g/mol. The minimum Gasteiger partial charge on any atom is -0.390 e. The molecule has 0 saturated carbocycles. The van der Waals surface area contributed by atoms with Crippen molar-refractivity contribution >= 4 is 16.5 Å². The second-order valence-electron chi connectivity index (χ2n) is 2.34. The van der Waals surface area contributed by atoms with Gasteiger partial charge in [-0.3, -0.25) is 0 Å². The average Bonchev–Trinajstić information content (AvgIpc) is 2.52. The summed E-state index contributed by atoms with van der Waals surface area (Å²) < 4.78 is 0. The van der Waals surface area contributed by atoms with Crippen molar-refractivity contribution in [3.05, 3.63) is 11.1 Å². The maximum absolute atomic E-state index is 8.75. The smallest absolute Gasteiger partial charge is 0.186 e. The lowest BCUT2D eigenvalue weighted by molar-refractivity contribution is 0.277. The first-order valence-corrected chi connectivity index (χ1v) is 4.35. The molecule has 0 saturated heterocycles. The molecule has 3 nitrogen and oxygen atoms in total. The van der Waals surface area contributed by atoms with Gasteiger partial charge in [-0.25, -0.2) is 4.98 Å². The second-order valence-corrected chi connectivity index (χ2v) is 3.18. The SMILES string of the molecule is C#CCN(C)c1nc(CO)cs1. The van der Waals surface area contributed by atoms with Gasteiger partial charge in [0, 0.05) is 12.4 Å². The number of hydrogen-bond acceptors (Lipinski definition) is 4. The number of nitrogens with zero attached hydrogens (tertiary/aromatic N) is 2. The molecule has 0 radical (unpaired) electrons. The highest BCUT2D eigenvalue weighted by Gasteiger charge is 2.04. The predicted octanol–water partition coefficient (Wildman–Crippen LogP) is 0.705. The van der Waals surface area contributed by atoms with Crippen molar-refractivity contribution in [2.24, 2.45) is 0 Å². The van der Waals surface area contributed by atoms with Crippen LogP contribution in [0.25, 0.3) is 0 Å². The third-order valence-corrected chi connectivity index (χ3v) is 2.36. The number of rotatable bonds is 3. The van der Waals surface area contributed by atoms with Crippen LogP contribution in [0.15, 0.2) is 5.38 Å². The molecule has 12 heavy (non-hydrogen) atoms. The van der Waals surface area contributed by atoms with Crippen LogP contribution in [0.1, 0.15) is 5.69 Å². The van der Waals surface area contributed by atoms with Crippen molar-refractivity contribution in [1.82, 2.24) is 4.98 Å². The Morgan fingerprint density at radius 2 is 2.58 bits per heavy atom. The lowest BCUT2D eigenvalue weighted by Gasteiger charge is -2.10. The number of anilines is 1. The van der Waals surface area contributed by atoms with Crippen LogP contribution in [-0.2, 0) is 6.61 Å². The normalized spacial score (nSPS) is 9.42. The molecule has 0 aliphatic carbocycles. The Bertz CT molecular complexity index is 289. The van der Waals surface area contributed by atoms with Crippen LogP contribution in [0.3, 0.4) is 0 Å². The molecule has 0 amide bonds. The highest BCUT2D eigenvalue weighted by atomic mass is 32.1. The van der Waals surface area contributed by atoms with Gasteiger partial charge >= 0.3 is 0 Å². The third-order valence-electron chi connectivity index (χ3n) is 1.36. The zero-order valence-corrected chi connectivity index (χ0v) is 7.64. The number of hydrogen-bond donors (Lipinski definition) is 1. The molecule has 1 rings (SSSR count). The first-order chi connectivity index (χ1) is 5.77. The van der Waals surface area contributed by atoms with Crippen LogP contribution in [-0.4, -0.2) is 23.7 Å². The monoisotopic (exact) mass is 182 g/mol. The van der Waals surface area contributed by atoms with Gasteiger partial charge in [0.25, 0.3) is 0 Å². The molecule has 64 valence electrons. The molecule has 0 aliphatic heterocycles. The molecule has 0 atom stereocenters. The molecule has 4 heteroatoms. The number of thiazole rings is 1. The minimum atomic E-state index is -0.0135. The summed E-state index contributed by atoms with van der Waals surface area (Å²) in [5.41, 5.74) is 0.693. The fourth-order valence-corrected chi connectivity index (χ4v) is 1.53. The molecule has 0 spiro atoms. The van der Waals surface area contributed by atoms with E-state index in [0.29, 0.717) is 12.2 Å². The Labute approximate surface area is 75.7 Å². The van der Waals surface area contributed by atoms with Crippen molar-refractivity contribution in [2.75, 3.05) is 18.5 Å². The molecule has 1 aromatic rings. The Hall–Kier alpha value is -1.05. The van der Waals surface area contributed by atoms with Gasteiger partial charge in [0.15, 0.2) is 5.13 Å². The molecule has 1 heterocycles. The van der Waals surface area contributed by atoms with E-state index in [1.165, 1.54) is 11.3 Å². The van der Waals surface area contributed by atoms with Crippen LogP contribution in [0.4, 0.5) is 5.13 Å². The number of aromatic nitrogens is 1. The fraction of sp³-hybridized carbons (Fsp3) is 0.375. The Morgan fingerprint density at radius 1 is 1.83 bits per heavy atom. The molecule has 1 aromatic heterocycles. The number of aliphatic hydroxyl groups is 1. The maximum Gasteiger partial charge on any atom is 0.186 e. The summed E-state index contributed by atoms with van der Waals surface area (Å²) in [5.74, 6) is 2.52. The fourth-order valence-electron chi connectivity index (χ4n) is 0.749. The Balaban J connectivity index is 2.69. The quantitative estimate of drug-likeness (QED) is 0.699. The lowest BCUT2D eigenvalue weighted by Crippen LogP contribution is -2.16. The zero-order chi connectivity index (χ0) is 8.97. The van der Waals surface area contributed by atoms with Crippen molar-refractivity contribution in [3.63, 3.8) is 0 Å². The predicted molar refractivity (Wildman–Crippen MR) is 50.1 cm³/mol. The summed E-state index contributed by atoms with van der Waals surface area (Å²) >= 11 is 1.48. The molecule has 0 aromatic carbocycles. The van der Waals surface area contributed by atoms with Gasteiger partial charge in [-0.15, -0.1) is 17.8 Å². The molecule has 0 unspecified atom stereocenters. The number of terminal acetylenes is 1. The molecule has 0 fully saturated rings. The first-order valence-electron chi connectivity index (χ1n) is 3.47. The Morgan fingerprint density at radius 3 is 3.08 bits per heavy atom. The van der Waals surface area contributed by atoms with Gasteiger partial charge in [0.1, 0.15) is 0 Å². The van der Waals surface area contributed by atoms with Gasteiger partial charge in [0.05, 0.1) is 18.8 Å². The van der Waals surface area contributed by atoms with E-state index in [1.807, 2.05) is 17.3 Å². The van der Waals surface area contributed by atoms with Crippen LogP contribution >= 0.6 is 11.3 Å². The zero-order valence-electron chi connectivity index (χ0n) is 6.82. The van der Waals surface area contributed by atoms with E-state index >= 15 is 0 Å². The van der Waals surface area contributed by atoms with Gasteiger partial charge < -0.3 is 10.0 Å². The third kappa shape index (κ3) is 1.97. The summed E-state index contributed by atoms with van der Waals surface area (Å²) in [7, 11) is 1.87. The summed E-state index contributed by atoms with van der Waals surface area (Å²) in [5, 5.41) is 11.4. The van der Waals surface area contributed by atoms with Gasteiger partial charge in [-0.1, -0.05) is 5.92 Å². The lowest BCUT2D eigenvalue weighted by atomic mass is 10.5. The van der Waals surface area contributed by atoms with Crippen LogP contribution in [0, 0.1) is 12.3 Å². The molecule has 0 bridgehead atoms. The standard InChI is InChI=1S/C8H10N2OS/c1-3-4-10(2)8-9-7(5-11)6-12-8/h1,6,11H,4-5H2,2H3. The van der Waals surface area contributed by atoms with E-state index in [-0.39, 0.29) is 6.61 Å². The first kappa shape index (κ1) is 9.04. The van der Waals surface area contributed by atoms with Crippen molar-refractivity contribution < 1.29 is 5.11 Å². The molecular weight excluding hydrogens is 172 g/mol. The second kappa shape index (κ2) is 4.10. The summed E-state index contributed by atoms with van der Waals surface area (Å²) in [6.45, 7) is 0.527. The van der Waals surface area contributed by atoms with E-state index in [9.17, 15) is 0 Å². The largest absolute Gasteiger partial charge is 0.390 e. The van der Waals surface area contributed by atoms with Crippen molar-refractivity contribution in [3.8, 4) is 12.3 Å². The molecular formula is C8H10N2OS. The highest BCUT2D eigenvalue weighted by Crippen LogP contribution is 2.18. The van der Waals surface area contributed by atoms with Crippen molar-refractivity contribution in [1.29, 1.82) is 0 Å². The van der Waals surface area contributed by atoms with E-state index in [0.717, 1.165) is 5.13 Å². The summed E-state index contributed by atoms with van der Waals surface area (Å²) in [6, 6.07) is 0. The summed E-state index contributed by atoms with van der Waals surface area (Å²) in [4.78, 5) is 6.01. The van der Waals surface area contributed by atoms with Gasteiger partial charge in [0.2, 0.25) is 0 Å². The number of aliphatic hydroxyl groups excluding tert-OH is 1. The van der Waals surface area contributed by atoms with Crippen LogP contribution in [0.5, 0.6) is 0 Å². The maximum atomic E-state index is 8.75. The van der Waals surface area contributed by atoms with Gasteiger partial charge in [-0.2, -0.15) is 0 Å². The molecule has 0 aliphatic rings. The highest BCUT2D eigenvalue weighted by molar-refractivity contribution is 7.13.